The Morgan fingerprint density at radius 1 is 1.00 bits per heavy atom. The van der Waals surface area contributed by atoms with Crippen LogP contribution >= 0.6 is 22.9 Å². The van der Waals surface area contributed by atoms with Crippen molar-refractivity contribution in [1.82, 2.24) is 24.7 Å². The number of fused-ring (bicyclic) bond motifs is 2. The van der Waals surface area contributed by atoms with E-state index in [0.29, 0.717) is 5.02 Å². The summed E-state index contributed by atoms with van der Waals surface area (Å²) in [6.07, 6.45) is 3.51. The number of benzene rings is 2. The first-order valence-corrected chi connectivity index (χ1v) is 13.1. The van der Waals surface area contributed by atoms with Crippen LogP contribution in [-0.2, 0) is 18.3 Å². The number of pyridine rings is 2. The van der Waals surface area contributed by atoms with Gasteiger partial charge in [-0.15, -0.1) is 11.3 Å². The highest BCUT2D eigenvalue weighted by molar-refractivity contribution is 7.22. The lowest BCUT2D eigenvalue weighted by Gasteiger charge is -2.13. The number of carbonyl (C=O) groups is 1. The summed E-state index contributed by atoms with van der Waals surface area (Å²) in [6, 6.07) is 15.5. The van der Waals surface area contributed by atoms with Crippen LogP contribution < -0.4 is 0 Å². The molecule has 0 aliphatic heterocycles. The second-order valence-corrected chi connectivity index (χ2v) is 10.7. The molecule has 2 aromatic carbocycles. The van der Waals surface area contributed by atoms with E-state index in [0.717, 1.165) is 71.0 Å². The fourth-order valence-electron chi connectivity index (χ4n) is 4.76. The maximum Gasteiger partial charge on any atom is 0.307 e. The van der Waals surface area contributed by atoms with Crippen molar-refractivity contribution >= 4 is 50.2 Å². The molecule has 0 fully saturated rings. The maximum absolute atomic E-state index is 11.8. The van der Waals surface area contributed by atoms with Crippen LogP contribution in [-0.4, -0.2) is 35.8 Å². The molecule has 0 spiro atoms. The minimum absolute atomic E-state index is 0.0777. The lowest BCUT2D eigenvalue weighted by molar-refractivity contribution is -0.136. The van der Waals surface area contributed by atoms with Crippen LogP contribution in [0.1, 0.15) is 16.8 Å². The van der Waals surface area contributed by atoms with Crippen molar-refractivity contribution in [2.24, 2.45) is 7.05 Å². The molecule has 6 rings (SSSR count). The van der Waals surface area contributed by atoms with E-state index in [1.165, 1.54) is 11.3 Å². The highest BCUT2D eigenvalue weighted by Gasteiger charge is 2.20. The van der Waals surface area contributed by atoms with E-state index >= 15 is 0 Å². The first kappa shape index (κ1) is 24.2. The van der Waals surface area contributed by atoms with E-state index < -0.39 is 5.97 Å². The number of halogens is 1. The third kappa shape index (κ3) is 4.21. The summed E-state index contributed by atoms with van der Waals surface area (Å²) in [5, 5.41) is 15.4. The number of aliphatic carboxylic acids is 1. The Morgan fingerprint density at radius 3 is 2.55 bits per heavy atom. The number of aromatic nitrogens is 5. The molecule has 9 heteroatoms. The SMILES string of the molecule is Cc1cc2nc(-c3cnc(C)c(-c4ccc5c(cnn5C)n4)c3)sc2c(-c2ccc(Cl)cc2)c1CC(=O)O. The highest BCUT2D eigenvalue weighted by atomic mass is 35.5. The zero-order chi connectivity index (χ0) is 26.6. The predicted octanol–water partition coefficient (Wildman–Crippen LogP) is 6.87. The van der Waals surface area contributed by atoms with Crippen LogP contribution in [0.15, 0.2) is 60.9 Å². The van der Waals surface area contributed by atoms with Gasteiger partial charge in [0.25, 0.3) is 0 Å². The number of nitrogens with zero attached hydrogens (tertiary/aromatic N) is 5. The van der Waals surface area contributed by atoms with Gasteiger partial charge in [0, 0.05) is 40.7 Å². The van der Waals surface area contributed by atoms with Crippen molar-refractivity contribution in [3.05, 3.63) is 82.8 Å². The highest BCUT2D eigenvalue weighted by Crippen LogP contribution is 2.41. The average Bonchev–Trinajstić information content (AvgIpc) is 3.48. The van der Waals surface area contributed by atoms with E-state index in [2.05, 4.69) is 16.1 Å². The van der Waals surface area contributed by atoms with Gasteiger partial charge in [0.1, 0.15) is 10.5 Å². The second-order valence-electron chi connectivity index (χ2n) is 9.22. The van der Waals surface area contributed by atoms with Crippen LogP contribution in [0.4, 0.5) is 0 Å². The third-order valence-electron chi connectivity index (χ3n) is 6.69. The summed E-state index contributed by atoms with van der Waals surface area (Å²) < 4.78 is 2.73. The third-order valence-corrected chi connectivity index (χ3v) is 8.08. The molecule has 0 unspecified atom stereocenters. The molecule has 7 nitrogen and oxygen atoms in total. The van der Waals surface area contributed by atoms with Crippen molar-refractivity contribution < 1.29 is 9.90 Å². The fourth-order valence-corrected chi connectivity index (χ4v) is 6.00. The van der Waals surface area contributed by atoms with Gasteiger partial charge in [0.2, 0.25) is 0 Å². The van der Waals surface area contributed by atoms with Gasteiger partial charge in [-0.3, -0.25) is 14.5 Å². The zero-order valence-electron chi connectivity index (χ0n) is 20.9. The molecule has 4 aromatic heterocycles. The molecule has 4 heterocycles. The van der Waals surface area contributed by atoms with E-state index in [-0.39, 0.29) is 6.42 Å². The van der Waals surface area contributed by atoms with Gasteiger partial charge in [0.05, 0.1) is 34.0 Å². The molecule has 0 aliphatic carbocycles. The quantitative estimate of drug-likeness (QED) is 0.257. The number of carboxylic acids is 1. The van der Waals surface area contributed by atoms with Crippen LogP contribution in [0.2, 0.25) is 5.02 Å². The minimum atomic E-state index is -0.877. The van der Waals surface area contributed by atoms with Gasteiger partial charge < -0.3 is 5.11 Å². The minimum Gasteiger partial charge on any atom is -0.481 e. The first-order chi connectivity index (χ1) is 18.3. The normalized spacial score (nSPS) is 11.5. The van der Waals surface area contributed by atoms with Gasteiger partial charge in [-0.25, -0.2) is 9.97 Å². The van der Waals surface area contributed by atoms with Crippen LogP contribution in [0.25, 0.3) is 54.2 Å². The Balaban J connectivity index is 1.52. The van der Waals surface area contributed by atoms with Gasteiger partial charge in [-0.1, -0.05) is 23.7 Å². The van der Waals surface area contributed by atoms with Crippen LogP contribution in [0.5, 0.6) is 0 Å². The van der Waals surface area contributed by atoms with Crippen molar-refractivity contribution in [3.8, 4) is 33.0 Å². The van der Waals surface area contributed by atoms with Crippen molar-refractivity contribution in [2.45, 2.75) is 20.3 Å². The van der Waals surface area contributed by atoms with Crippen LogP contribution in [0, 0.1) is 13.8 Å². The largest absolute Gasteiger partial charge is 0.481 e. The zero-order valence-corrected chi connectivity index (χ0v) is 22.4. The second kappa shape index (κ2) is 9.31. The Morgan fingerprint density at radius 2 is 1.79 bits per heavy atom. The van der Waals surface area contributed by atoms with Gasteiger partial charge in [-0.05, 0) is 66.9 Å². The topological polar surface area (TPSA) is 93.8 Å². The molecule has 0 atom stereocenters. The lowest BCUT2D eigenvalue weighted by atomic mass is 9.93. The molecule has 0 bridgehead atoms. The van der Waals surface area contributed by atoms with E-state index in [9.17, 15) is 9.90 Å². The number of rotatable bonds is 5. The smallest absolute Gasteiger partial charge is 0.307 e. The van der Waals surface area contributed by atoms with E-state index in [1.54, 1.807) is 10.9 Å². The number of carboxylic acid groups (broad SMARTS) is 1. The summed E-state index contributed by atoms with van der Waals surface area (Å²) >= 11 is 7.68. The summed E-state index contributed by atoms with van der Waals surface area (Å²) in [7, 11) is 1.89. The molecule has 0 radical (unpaired) electrons. The van der Waals surface area contributed by atoms with Gasteiger partial charge in [-0.2, -0.15) is 5.10 Å². The average molecular weight is 540 g/mol. The molecular weight excluding hydrogens is 518 g/mol. The molecule has 6 aromatic rings. The standard InChI is InChI=1S/C29H22ClN5O2S/c1-15-10-23-28(27(20(15)12-26(36)37)17-4-6-19(30)7-5-17)38-29(34-23)18-11-21(16(2)31-13-18)22-8-9-25-24(33-22)14-32-35(25)3/h4-11,13-14H,12H2,1-3H3,(H,36,37). The van der Waals surface area contributed by atoms with Crippen molar-refractivity contribution in [2.75, 3.05) is 0 Å². The van der Waals surface area contributed by atoms with E-state index in [4.69, 9.17) is 21.6 Å². The molecule has 0 aliphatic rings. The Kier molecular flexibility index (Phi) is 5.93. The Labute approximate surface area is 227 Å². The maximum atomic E-state index is 11.8. The Hall–Kier alpha value is -4.14. The molecule has 1 N–H and O–H groups in total. The molecule has 188 valence electrons. The van der Waals surface area contributed by atoms with Crippen molar-refractivity contribution in [1.29, 1.82) is 0 Å². The Bertz CT molecular complexity index is 1870. The first-order valence-electron chi connectivity index (χ1n) is 12.0. The number of hydrogen-bond donors (Lipinski definition) is 1. The summed E-state index contributed by atoms with van der Waals surface area (Å²) in [5.41, 5.74) is 9.54. The molecular formula is C29H22ClN5O2S. The number of thiazole rings is 1. The monoisotopic (exact) mass is 539 g/mol. The number of aryl methyl sites for hydroxylation is 3. The molecule has 0 amide bonds. The summed E-state index contributed by atoms with van der Waals surface area (Å²) in [6.45, 7) is 3.90. The molecule has 0 saturated carbocycles. The fraction of sp³-hybridized carbons (Fsp3) is 0.138. The van der Waals surface area contributed by atoms with Gasteiger partial charge >= 0.3 is 5.97 Å². The number of hydrogen-bond acceptors (Lipinski definition) is 6. The summed E-state index contributed by atoms with van der Waals surface area (Å²) in [4.78, 5) is 26.2. The van der Waals surface area contributed by atoms with E-state index in [1.807, 2.05) is 69.6 Å². The summed E-state index contributed by atoms with van der Waals surface area (Å²) in [5.74, 6) is -0.877. The van der Waals surface area contributed by atoms with Gasteiger partial charge in [0.15, 0.2) is 0 Å². The van der Waals surface area contributed by atoms with Crippen LogP contribution in [0.3, 0.4) is 0 Å². The molecule has 38 heavy (non-hydrogen) atoms. The predicted molar refractivity (Wildman–Crippen MR) is 152 cm³/mol. The lowest BCUT2D eigenvalue weighted by Crippen LogP contribution is -2.04. The van der Waals surface area contributed by atoms with Crippen molar-refractivity contribution in [3.63, 3.8) is 0 Å². The molecule has 0 saturated heterocycles.